The molecule has 0 unspecified atom stereocenters. The van der Waals surface area contributed by atoms with Crippen molar-refractivity contribution in [1.82, 2.24) is 4.98 Å². The van der Waals surface area contributed by atoms with E-state index >= 15 is 0 Å². The van der Waals surface area contributed by atoms with E-state index in [4.69, 9.17) is 50.0 Å². The molecule has 22 heavy (non-hydrogen) atoms. The van der Waals surface area contributed by atoms with Crippen molar-refractivity contribution in [2.24, 2.45) is 0 Å². The molecule has 116 valence electrons. The predicted molar refractivity (Wildman–Crippen MR) is 85.8 cm³/mol. The molecule has 0 aliphatic heterocycles. The van der Waals surface area contributed by atoms with Crippen molar-refractivity contribution in [3.05, 3.63) is 50.7 Å². The second kappa shape index (κ2) is 7.05. The van der Waals surface area contributed by atoms with Gasteiger partial charge in [0, 0.05) is 5.56 Å². The fourth-order valence-electron chi connectivity index (χ4n) is 1.70. The van der Waals surface area contributed by atoms with Gasteiger partial charge in [0.2, 0.25) is 0 Å². The topological polar surface area (TPSA) is 74.4 Å². The number of pyridine rings is 1. The minimum absolute atomic E-state index is 0.00653. The average molecular weight is 362 g/mol. The summed E-state index contributed by atoms with van der Waals surface area (Å²) in [4.78, 5) is 15.9. The zero-order valence-corrected chi connectivity index (χ0v) is 13.7. The smallest absolute Gasteiger partial charge is 0.358 e. The average Bonchev–Trinajstić information content (AvgIpc) is 2.54. The van der Waals surface area contributed by atoms with Crippen molar-refractivity contribution >= 4 is 46.5 Å². The first-order valence-electron chi connectivity index (χ1n) is 6.04. The second-order valence-electron chi connectivity index (χ2n) is 4.18. The Morgan fingerprint density at radius 3 is 2.59 bits per heavy atom. The third kappa shape index (κ3) is 3.38. The lowest BCUT2D eigenvalue weighted by atomic mass is 10.2. The zero-order chi connectivity index (χ0) is 16.3. The molecule has 1 heterocycles. The highest BCUT2D eigenvalue weighted by Gasteiger charge is 2.21. The van der Waals surface area contributed by atoms with Crippen LogP contribution < -0.4 is 10.5 Å². The highest BCUT2D eigenvalue weighted by Crippen LogP contribution is 2.34. The maximum Gasteiger partial charge on any atom is 0.358 e. The van der Waals surface area contributed by atoms with Crippen molar-refractivity contribution in [1.29, 1.82) is 0 Å². The Morgan fingerprint density at radius 2 is 1.91 bits per heavy atom. The SMILES string of the molecule is COc1ccccc1COC(=O)c1nc(Cl)c(Cl)c(N)c1Cl. The van der Waals surface area contributed by atoms with Gasteiger partial charge in [-0.15, -0.1) is 0 Å². The van der Waals surface area contributed by atoms with Gasteiger partial charge in [-0.05, 0) is 6.07 Å². The van der Waals surface area contributed by atoms with Crippen LogP contribution in [0.25, 0.3) is 0 Å². The summed E-state index contributed by atoms with van der Waals surface area (Å²) in [6.07, 6.45) is 0. The van der Waals surface area contributed by atoms with E-state index < -0.39 is 5.97 Å². The Balaban J connectivity index is 2.20. The van der Waals surface area contributed by atoms with Gasteiger partial charge in [-0.25, -0.2) is 9.78 Å². The van der Waals surface area contributed by atoms with Gasteiger partial charge in [0.1, 0.15) is 17.4 Å². The third-order valence-electron chi connectivity index (χ3n) is 2.82. The lowest BCUT2D eigenvalue weighted by molar-refractivity contribution is 0.0463. The lowest BCUT2D eigenvalue weighted by Crippen LogP contribution is -2.10. The van der Waals surface area contributed by atoms with Crippen LogP contribution in [0.2, 0.25) is 15.2 Å². The van der Waals surface area contributed by atoms with E-state index in [1.807, 2.05) is 6.07 Å². The van der Waals surface area contributed by atoms with E-state index in [1.165, 1.54) is 7.11 Å². The van der Waals surface area contributed by atoms with Crippen LogP contribution in [-0.2, 0) is 11.3 Å². The van der Waals surface area contributed by atoms with Crippen LogP contribution in [0, 0.1) is 0 Å². The Bertz CT molecular complexity index is 723. The summed E-state index contributed by atoms with van der Waals surface area (Å²) in [6, 6.07) is 7.13. The Labute approximate surface area is 141 Å². The maximum atomic E-state index is 12.1. The number of anilines is 1. The number of methoxy groups -OCH3 is 1. The number of carbonyl (C=O) groups excluding carboxylic acids is 1. The largest absolute Gasteiger partial charge is 0.496 e. The number of carbonyl (C=O) groups is 1. The lowest BCUT2D eigenvalue weighted by Gasteiger charge is -2.11. The molecule has 0 atom stereocenters. The molecule has 0 spiro atoms. The molecule has 2 aromatic rings. The molecule has 8 heteroatoms. The van der Waals surface area contributed by atoms with Gasteiger partial charge in [0.15, 0.2) is 10.8 Å². The number of nitrogen functional groups attached to an aromatic ring is 1. The summed E-state index contributed by atoms with van der Waals surface area (Å²) in [7, 11) is 1.53. The molecule has 0 aliphatic carbocycles. The molecule has 2 N–H and O–H groups in total. The second-order valence-corrected chi connectivity index (χ2v) is 5.29. The van der Waals surface area contributed by atoms with Crippen LogP contribution in [0.1, 0.15) is 16.1 Å². The summed E-state index contributed by atoms with van der Waals surface area (Å²) in [5.74, 6) is -0.163. The van der Waals surface area contributed by atoms with Crippen molar-refractivity contribution in [3.8, 4) is 5.75 Å². The zero-order valence-electron chi connectivity index (χ0n) is 11.4. The van der Waals surface area contributed by atoms with Gasteiger partial charge in [-0.2, -0.15) is 0 Å². The minimum Gasteiger partial charge on any atom is -0.496 e. The van der Waals surface area contributed by atoms with Gasteiger partial charge in [-0.1, -0.05) is 53.0 Å². The fraction of sp³-hybridized carbons (Fsp3) is 0.143. The number of nitrogens with two attached hydrogens (primary N) is 1. The van der Waals surface area contributed by atoms with Crippen molar-refractivity contribution < 1.29 is 14.3 Å². The molecular weight excluding hydrogens is 351 g/mol. The normalized spacial score (nSPS) is 10.4. The summed E-state index contributed by atoms with van der Waals surface area (Å²) in [5.41, 5.74) is 6.14. The molecule has 0 bridgehead atoms. The van der Waals surface area contributed by atoms with Crippen LogP contribution in [0.4, 0.5) is 5.69 Å². The molecule has 1 aromatic heterocycles. The number of benzene rings is 1. The van der Waals surface area contributed by atoms with Crippen LogP contribution in [-0.4, -0.2) is 18.1 Å². The molecule has 1 aromatic carbocycles. The fourth-order valence-corrected chi connectivity index (χ4v) is 2.29. The van der Waals surface area contributed by atoms with Crippen molar-refractivity contribution in [3.63, 3.8) is 0 Å². The van der Waals surface area contributed by atoms with Gasteiger partial charge >= 0.3 is 5.97 Å². The first-order valence-corrected chi connectivity index (χ1v) is 7.18. The molecule has 0 fully saturated rings. The molecule has 0 saturated carbocycles. The number of ether oxygens (including phenoxy) is 2. The summed E-state index contributed by atoms with van der Waals surface area (Å²) in [5, 5.41) is -0.222. The van der Waals surface area contributed by atoms with Crippen LogP contribution in [0.15, 0.2) is 24.3 Å². The van der Waals surface area contributed by atoms with E-state index in [0.717, 1.165) is 0 Å². The van der Waals surface area contributed by atoms with E-state index in [2.05, 4.69) is 4.98 Å². The molecule has 0 radical (unpaired) electrons. The number of aromatic nitrogens is 1. The number of hydrogen-bond acceptors (Lipinski definition) is 5. The first-order chi connectivity index (χ1) is 10.5. The molecule has 2 rings (SSSR count). The number of halogens is 3. The quantitative estimate of drug-likeness (QED) is 0.658. The Hall–Kier alpha value is -1.69. The van der Waals surface area contributed by atoms with E-state index in [-0.39, 0.29) is 33.2 Å². The molecular formula is C14H11Cl3N2O3. The minimum atomic E-state index is -0.763. The van der Waals surface area contributed by atoms with Gasteiger partial charge in [0.25, 0.3) is 0 Å². The van der Waals surface area contributed by atoms with Crippen molar-refractivity contribution in [2.45, 2.75) is 6.61 Å². The molecule has 0 aliphatic rings. The number of nitrogens with zero attached hydrogens (tertiary/aromatic N) is 1. The van der Waals surface area contributed by atoms with Gasteiger partial charge in [-0.3, -0.25) is 0 Å². The summed E-state index contributed by atoms with van der Waals surface area (Å²) >= 11 is 17.5. The Morgan fingerprint density at radius 1 is 1.23 bits per heavy atom. The van der Waals surface area contributed by atoms with Crippen LogP contribution >= 0.6 is 34.8 Å². The monoisotopic (exact) mass is 360 g/mol. The molecule has 0 amide bonds. The molecule has 0 saturated heterocycles. The maximum absolute atomic E-state index is 12.1. The highest BCUT2D eigenvalue weighted by molar-refractivity contribution is 6.46. The van der Waals surface area contributed by atoms with Crippen LogP contribution in [0.3, 0.4) is 0 Å². The number of hydrogen-bond donors (Lipinski definition) is 1. The number of esters is 1. The van der Waals surface area contributed by atoms with Crippen LogP contribution in [0.5, 0.6) is 5.75 Å². The van der Waals surface area contributed by atoms with Crippen molar-refractivity contribution in [2.75, 3.05) is 12.8 Å². The van der Waals surface area contributed by atoms with Gasteiger partial charge in [0.05, 0.1) is 17.8 Å². The predicted octanol–water partition coefficient (Wildman–Crippen LogP) is 3.99. The van der Waals surface area contributed by atoms with E-state index in [9.17, 15) is 4.79 Å². The standard InChI is InChI=1S/C14H11Cl3N2O3/c1-21-8-5-3-2-4-7(8)6-22-14(20)12-9(15)11(18)10(16)13(17)19-12/h2-5H,6H2,1H3,(H2,18,19). The third-order valence-corrected chi connectivity index (χ3v) is 3.95. The Kier molecular flexibility index (Phi) is 5.34. The summed E-state index contributed by atoms with van der Waals surface area (Å²) in [6.45, 7) is -0.0129. The van der Waals surface area contributed by atoms with E-state index in [1.54, 1.807) is 18.2 Å². The van der Waals surface area contributed by atoms with E-state index in [0.29, 0.717) is 11.3 Å². The number of rotatable bonds is 4. The highest BCUT2D eigenvalue weighted by atomic mass is 35.5. The number of para-hydroxylation sites is 1. The van der Waals surface area contributed by atoms with Gasteiger partial charge < -0.3 is 15.2 Å². The first kappa shape index (κ1) is 16.7. The molecule has 5 nitrogen and oxygen atoms in total. The summed E-state index contributed by atoms with van der Waals surface area (Å²) < 4.78 is 10.3.